The van der Waals surface area contributed by atoms with E-state index in [1.54, 1.807) is 48.5 Å². The molecule has 3 rings (SSSR count). The third-order valence-corrected chi connectivity index (χ3v) is 6.11. The van der Waals surface area contributed by atoms with E-state index < -0.39 is 28.1 Å². The highest BCUT2D eigenvalue weighted by molar-refractivity contribution is 7.89. The zero-order chi connectivity index (χ0) is 18.6. The molecule has 1 saturated carbocycles. The molecule has 5 nitrogen and oxygen atoms in total. The van der Waals surface area contributed by atoms with Crippen molar-refractivity contribution >= 4 is 16.0 Å². The number of carbonyl (C=O) groups excluding carboxylic acids is 1. The monoisotopic (exact) mass is 373 g/mol. The van der Waals surface area contributed by atoms with E-state index in [-0.39, 0.29) is 4.90 Å². The van der Waals surface area contributed by atoms with Crippen molar-refractivity contribution in [3.63, 3.8) is 0 Å². The van der Waals surface area contributed by atoms with Gasteiger partial charge < -0.3 is 4.74 Å². The van der Waals surface area contributed by atoms with Crippen molar-refractivity contribution < 1.29 is 17.9 Å². The molecule has 0 spiro atoms. The average molecular weight is 373 g/mol. The molecule has 0 aliphatic heterocycles. The minimum Gasteiger partial charge on any atom is -0.457 e. The van der Waals surface area contributed by atoms with E-state index in [0.29, 0.717) is 18.4 Å². The fourth-order valence-corrected chi connectivity index (χ4v) is 4.44. The second-order valence-electron chi connectivity index (χ2n) is 6.64. The van der Waals surface area contributed by atoms with Crippen LogP contribution in [0.15, 0.2) is 59.5 Å². The molecule has 0 aromatic heterocycles. The van der Waals surface area contributed by atoms with Gasteiger partial charge in [0.2, 0.25) is 10.0 Å². The van der Waals surface area contributed by atoms with Gasteiger partial charge in [-0.3, -0.25) is 0 Å². The van der Waals surface area contributed by atoms with Crippen molar-refractivity contribution in [2.45, 2.75) is 49.6 Å². The van der Waals surface area contributed by atoms with Gasteiger partial charge in [-0.15, -0.1) is 0 Å². The SMILES string of the molecule is Cc1ccc(S(=O)(=O)N[C@H]2CCCC[C@@H]2OC(=O)c2ccccc2)cc1. The van der Waals surface area contributed by atoms with E-state index in [2.05, 4.69) is 4.72 Å². The molecule has 6 heteroatoms. The Kier molecular flexibility index (Phi) is 5.74. The van der Waals surface area contributed by atoms with E-state index in [0.717, 1.165) is 18.4 Å². The molecule has 1 fully saturated rings. The fraction of sp³-hybridized carbons (Fsp3) is 0.350. The third kappa shape index (κ3) is 4.51. The Labute approximate surface area is 154 Å². The van der Waals surface area contributed by atoms with Gasteiger partial charge in [-0.2, -0.15) is 0 Å². The van der Waals surface area contributed by atoms with Gasteiger partial charge in [-0.1, -0.05) is 42.3 Å². The van der Waals surface area contributed by atoms with Gasteiger partial charge in [0, 0.05) is 0 Å². The van der Waals surface area contributed by atoms with Crippen LogP contribution in [0.25, 0.3) is 0 Å². The Balaban J connectivity index is 1.72. The lowest BCUT2D eigenvalue weighted by molar-refractivity contribution is 0.0130. The van der Waals surface area contributed by atoms with Crippen molar-refractivity contribution in [3.8, 4) is 0 Å². The summed E-state index contributed by atoms with van der Waals surface area (Å²) in [6.07, 6.45) is 2.66. The van der Waals surface area contributed by atoms with Crippen LogP contribution in [0.5, 0.6) is 0 Å². The van der Waals surface area contributed by atoms with Gasteiger partial charge in [0.05, 0.1) is 16.5 Å². The maximum Gasteiger partial charge on any atom is 0.338 e. The average Bonchev–Trinajstić information content (AvgIpc) is 2.64. The van der Waals surface area contributed by atoms with Gasteiger partial charge in [-0.05, 0) is 50.5 Å². The van der Waals surface area contributed by atoms with Gasteiger partial charge in [0.25, 0.3) is 0 Å². The van der Waals surface area contributed by atoms with Gasteiger partial charge in [0.1, 0.15) is 6.10 Å². The van der Waals surface area contributed by atoms with Crippen LogP contribution in [0.3, 0.4) is 0 Å². The van der Waals surface area contributed by atoms with Gasteiger partial charge >= 0.3 is 5.97 Å². The van der Waals surface area contributed by atoms with Crippen molar-refractivity contribution in [3.05, 3.63) is 65.7 Å². The summed E-state index contributed by atoms with van der Waals surface area (Å²) in [6, 6.07) is 15.1. The zero-order valence-corrected chi connectivity index (χ0v) is 15.5. The van der Waals surface area contributed by atoms with Crippen molar-refractivity contribution in [2.75, 3.05) is 0 Å². The number of ether oxygens (including phenoxy) is 1. The Morgan fingerprint density at radius 1 is 1.00 bits per heavy atom. The Morgan fingerprint density at radius 3 is 2.35 bits per heavy atom. The van der Waals surface area contributed by atoms with E-state index in [9.17, 15) is 13.2 Å². The number of aryl methyl sites for hydroxylation is 1. The predicted octanol–water partition coefficient (Wildman–Crippen LogP) is 3.44. The fourth-order valence-electron chi connectivity index (χ4n) is 3.14. The van der Waals surface area contributed by atoms with Crippen LogP contribution in [-0.2, 0) is 14.8 Å². The summed E-state index contributed by atoms with van der Waals surface area (Å²) in [4.78, 5) is 12.6. The van der Waals surface area contributed by atoms with E-state index in [1.165, 1.54) is 0 Å². The van der Waals surface area contributed by atoms with Crippen LogP contribution < -0.4 is 4.72 Å². The summed E-state index contributed by atoms with van der Waals surface area (Å²) < 4.78 is 33.7. The predicted molar refractivity (Wildman–Crippen MR) is 99.4 cm³/mol. The molecule has 2 atom stereocenters. The quantitative estimate of drug-likeness (QED) is 0.815. The summed E-state index contributed by atoms with van der Waals surface area (Å²) in [5, 5.41) is 0. The molecule has 0 bridgehead atoms. The molecule has 2 aromatic carbocycles. The topological polar surface area (TPSA) is 72.5 Å². The van der Waals surface area contributed by atoms with Gasteiger partial charge in [-0.25, -0.2) is 17.9 Å². The molecule has 1 N–H and O–H groups in total. The lowest BCUT2D eigenvalue weighted by atomic mass is 9.93. The summed E-state index contributed by atoms with van der Waals surface area (Å²) in [5.74, 6) is -0.419. The first kappa shape index (κ1) is 18.6. The highest BCUT2D eigenvalue weighted by Gasteiger charge is 2.32. The molecular weight excluding hydrogens is 350 g/mol. The lowest BCUT2D eigenvalue weighted by Crippen LogP contribution is -2.46. The molecule has 2 aromatic rings. The molecule has 0 amide bonds. The number of carbonyl (C=O) groups is 1. The van der Waals surface area contributed by atoms with Crippen LogP contribution in [0.4, 0.5) is 0 Å². The molecular formula is C20H23NO4S. The van der Waals surface area contributed by atoms with Gasteiger partial charge in [0.15, 0.2) is 0 Å². The maximum absolute atomic E-state index is 12.7. The highest BCUT2D eigenvalue weighted by Crippen LogP contribution is 2.24. The normalized spacial score (nSPS) is 20.5. The Hall–Kier alpha value is -2.18. The van der Waals surface area contributed by atoms with E-state index in [1.807, 2.05) is 13.0 Å². The molecule has 138 valence electrons. The molecule has 1 aliphatic rings. The molecule has 0 unspecified atom stereocenters. The summed E-state index contributed by atoms with van der Waals surface area (Å²) >= 11 is 0. The number of benzene rings is 2. The van der Waals surface area contributed by atoms with Crippen LogP contribution in [0.2, 0.25) is 0 Å². The molecule has 0 saturated heterocycles. The number of esters is 1. The van der Waals surface area contributed by atoms with Crippen LogP contribution in [0, 0.1) is 6.92 Å². The largest absolute Gasteiger partial charge is 0.457 e. The highest BCUT2D eigenvalue weighted by atomic mass is 32.2. The minimum atomic E-state index is -3.65. The number of sulfonamides is 1. The summed E-state index contributed by atoms with van der Waals surface area (Å²) in [5.41, 5.74) is 1.47. The standard InChI is InChI=1S/C20H23NO4S/c1-15-11-13-17(14-12-15)26(23,24)21-18-9-5-6-10-19(18)25-20(22)16-7-3-2-4-8-16/h2-4,7-8,11-14,18-19,21H,5-6,9-10H2,1H3/t18-,19-/m0/s1. The summed E-state index contributed by atoms with van der Waals surface area (Å²) in [7, 11) is -3.65. The minimum absolute atomic E-state index is 0.224. The number of hydrogen-bond acceptors (Lipinski definition) is 4. The Bertz CT molecular complexity index is 847. The molecule has 26 heavy (non-hydrogen) atoms. The zero-order valence-electron chi connectivity index (χ0n) is 14.7. The van der Waals surface area contributed by atoms with Crippen LogP contribution >= 0.6 is 0 Å². The maximum atomic E-state index is 12.7. The first-order chi connectivity index (χ1) is 12.5. The molecule has 1 aliphatic carbocycles. The number of nitrogens with one attached hydrogen (secondary N) is 1. The van der Waals surface area contributed by atoms with E-state index in [4.69, 9.17) is 4.74 Å². The summed E-state index contributed by atoms with van der Waals surface area (Å²) in [6.45, 7) is 1.91. The number of hydrogen-bond donors (Lipinski definition) is 1. The third-order valence-electron chi connectivity index (χ3n) is 4.61. The van der Waals surface area contributed by atoms with Crippen LogP contribution in [-0.4, -0.2) is 26.5 Å². The number of rotatable bonds is 5. The molecule has 0 radical (unpaired) electrons. The smallest absolute Gasteiger partial charge is 0.338 e. The second kappa shape index (κ2) is 8.01. The van der Waals surface area contributed by atoms with Crippen molar-refractivity contribution in [1.82, 2.24) is 4.72 Å². The van der Waals surface area contributed by atoms with Crippen molar-refractivity contribution in [1.29, 1.82) is 0 Å². The van der Waals surface area contributed by atoms with E-state index >= 15 is 0 Å². The lowest BCUT2D eigenvalue weighted by Gasteiger charge is -2.31. The second-order valence-corrected chi connectivity index (χ2v) is 8.35. The first-order valence-electron chi connectivity index (χ1n) is 8.81. The van der Waals surface area contributed by atoms with Crippen LogP contribution in [0.1, 0.15) is 41.6 Å². The molecule has 0 heterocycles. The van der Waals surface area contributed by atoms with Crippen molar-refractivity contribution in [2.24, 2.45) is 0 Å². The Morgan fingerprint density at radius 2 is 1.65 bits per heavy atom. The first-order valence-corrected chi connectivity index (χ1v) is 10.3.